The number of hydrogen-bond acceptors (Lipinski definition) is 2. The zero-order valence-corrected chi connectivity index (χ0v) is 8.59. The molecule has 0 bridgehead atoms. The second-order valence-corrected chi connectivity index (χ2v) is 3.55. The Bertz CT molecular complexity index is 618. The van der Waals surface area contributed by atoms with E-state index in [1.54, 1.807) is 6.20 Å². The summed E-state index contributed by atoms with van der Waals surface area (Å²) in [5.74, 6) is 0. The molecule has 2 heteroatoms. The SMILES string of the molecule is [c]1ccc(-c2cnc3cccnc3c2)cc1. The van der Waals surface area contributed by atoms with Gasteiger partial charge < -0.3 is 0 Å². The van der Waals surface area contributed by atoms with Crippen molar-refractivity contribution in [1.29, 1.82) is 0 Å². The van der Waals surface area contributed by atoms with Crippen molar-refractivity contribution in [2.24, 2.45) is 0 Å². The number of rotatable bonds is 1. The number of pyridine rings is 2. The summed E-state index contributed by atoms with van der Waals surface area (Å²) < 4.78 is 0. The highest BCUT2D eigenvalue weighted by Crippen LogP contribution is 2.20. The van der Waals surface area contributed by atoms with Crippen molar-refractivity contribution < 1.29 is 0 Å². The average molecular weight is 205 g/mol. The van der Waals surface area contributed by atoms with E-state index in [1.807, 2.05) is 42.6 Å². The van der Waals surface area contributed by atoms with E-state index in [9.17, 15) is 0 Å². The fourth-order valence-corrected chi connectivity index (χ4v) is 1.69. The summed E-state index contributed by atoms with van der Waals surface area (Å²) in [6, 6.07) is 16.8. The minimum atomic E-state index is 0.924. The Balaban J connectivity index is 2.19. The normalized spacial score (nSPS) is 10.5. The highest BCUT2D eigenvalue weighted by molar-refractivity contribution is 5.79. The van der Waals surface area contributed by atoms with Crippen LogP contribution in [0.25, 0.3) is 22.2 Å². The molecule has 0 saturated carbocycles. The summed E-state index contributed by atoms with van der Waals surface area (Å²) in [5, 5.41) is 0. The first-order chi connectivity index (χ1) is 7.93. The average Bonchev–Trinajstić information content (AvgIpc) is 2.39. The lowest BCUT2D eigenvalue weighted by molar-refractivity contribution is 1.34. The third kappa shape index (κ3) is 1.54. The lowest BCUT2D eigenvalue weighted by Crippen LogP contribution is -1.84. The predicted octanol–water partition coefficient (Wildman–Crippen LogP) is 3.10. The van der Waals surface area contributed by atoms with Gasteiger partial charge >= 0.3 is 0 Å². The Morgan fingerprint density at radius 3 is 2.62 bits per heavy atom. The van der Waals surface area contributed by atoms with Crippen LogP contribution in [0.1, 0.15) is 0 Å². The molecule has 1 aromatic carbocycles. The number of aromatic nitrogens is 2. The van der Waals surface area contributed by atoms with E-state index in [4.69, 9.17) is 0 Å². The highest BCUT2D eigenvalue weighted by Gasteiger charge is 2.00. The summed E-state index contributed by atoms with van der Waals surface area (Å²) >= 11 is 0. The smallest absolute Gasteiger partial charge is 0.0892 e. The van der Waals surface area contributed by atoms with Crippen LogP contribution >= 0.6 is 0 Å². The monoisotopic (exact) mass is 205 g/mol. The van der Waals surface area contributed by atoms with Gasteiger partial charge in [0.05, 0.1) is 11.0 Å². The van der Waals surface area contributed by atoms with Crippen LogP contribution in [-0.2, 0) is 0 Å². The van der Waals surface area contributed by atoms with Crippen molar-refractivity contribution in [3.8, 4) is 11.1 Å². The predicted molar refractivity (Wildman–Crippen MR) is 63.8 cm³/mol. The van der Waals surface area contributed by atoms with Crippen molar-refractivity contribution in [2.75, 3.05) is 0 Å². The molecule has 0 aliphatic rings. The molecule has 0 amide bonds. The molecular formula is C14H9N2. The summed E-state index contributed by atoms with van der Waals surface area (Å²) in [6.45, 7) is 0. The zero-order chi connectivity index (χ0) is 10.8. The second kappa shape index (κ2) is 3.74. The minimum Gasteiger partial charge on any atom is -0.255 e. The molecule has 1 radical (unpaired) electrons. The van der Waals surface area contributed by atoms with Gasteiger partial charge in [0, 0.05) is 18.0 Å². The highest BCUT2D eigenvalue weighted by atomic mass is 14.7. The van der Waals surface area contributed by atoms with Crippen LogP contribution in [0, 0.1) is 6.07 Å². The van der Waals surface area contributed by atoms with Gasteiger partial charge in [-0.15, -0.1) is 0 Å². The van der Waals surface area contributed by atoms with Crippen molar-refractivity contribution in [1.82, 2.24) is 9.97 Å². The van der Waals surface area contributed by atoms with Crippen LogP contribution in [0.15, 0.2) is 54.9 Å². The number of fused-ring (bicyclic) bond motifs is 1. The van der Waals surface area contributed by atoms with Crippen LogP contribution in [0.3, 0.4) is 0 Å². The third-order valence-corrected chi connectivity index (χ3v) is 2.50. The van der Waals surface area contributed by atoms with Gasteiger partial charge in [0.2, 0.25) is 0 Å². The molecule has 0 N–H and O–H groups in total. The van der Waals surface area contributed by atoms with E-state index in [-0.39, 0.29) is 0 Å². The summed E-state index contributed by atoms with van der Waals surface area (Å²) in [7, 11) is 0. The Labute approximate surface area is 93.6 Å². The van der Waals surface area contributed by atoms with Crippen LogP contribution in [0.5, 0.6) is 0 Å². The molecule has 75 valence electrons. The molecule has 2 nitrogen and oxygen atoms in total. The Kier molecular flexibility index (Phi) is 2.11. The maximum atomic E-state index is 4.38. The minimum absolute atomic E-state index is 0.924. The Hall–Kier alpha value is -2.22. The van der Waals surface area contributed by atoms with Crippen molar-refractivity contribution in [3.05, 3.63) is 60.9 Å². The summed E-state index contributed by atoms with van der Waals surface area (Å²) in [5.41, 5.74) is 4.07. The molecule has 0 spiro atoms. The largest absolute Gasteiger partial charge is 0.255 e. The Morgan fingerprint density at radius 2 is 1.75 bits per heavy atom. The fourth-order valence-electron chi connectivity index (χ4n) is 1.69. The molecule has 3 aromatic rings. The zero-order valence-electron chi connectivity index (χ0n) is 8.59. The van der Waals surface area contributed by atoms with Crippen LogP contribution < -0.4 is 0 Å². The molecule has 0 aliphatic heterocycles. The van der Waals surface area contributed by atoms with E-state index in [0.717, 1.165) is 22.2 Å². The molecule has 2 heterocycles. The van der Waals surface area contributed by atoms with Crippen LogP contribution in [-0.4, -0.2) is 9.97 Å². The van der Waals surface area contributed by atoms with Crippen molar-refractivity contribution in [2.45, 2.75) is 0 Å². The van der Waals surface area contributed by atoms with E-state index < -0.39 is 0 Å². The standard InChI is InChI=1S/C14H9N2/c1-2-5-11(6-3-1)12-9-14-13(16-10-12)7-4-8-15-14/h2-10H. The van der Waals surface area contributed by atoms with E-state index in [1.165, 1.54) is 0 Å². The molecule has 2 aromatic heterocycles. The molecule has 0 unspecified atom stereocenters. The van der Waals surface area contributed by atoms with Gasteiger partial charge in [-0.05, 0) is 29.8 Å². The van der Waals surface area contributed by atoms with Gasteiger partial charge in [-0.2, -0.15) is 0 Å². The number of hydrogen-bond donors (Lipinski definition) is 0. The van der Waals surface area contributed by atoms with Gasteiger partial charge in [0.25, 0.3) is 0 Å². The molecule has 0 saturated heterocycles. The molecular weight excluding hydrogens is 196 g/mol. The van der Waals surface area contributed by atoms with Gasteiger partial charge in [0.15, 0.2) is 0 Å². The van der Waals surface area contributed by atoms with Crippen LogP contribution in [0.4, 0.5) is 0 Å². The van der Waals surface area contributed by atoms with Crippen molar-refractivity contribution in [3.63, 3.8) is 0 Å². The summed E-state index contributed by atoms with van der Waals surface area (Å²) in [4.78, 5) is 8.68. The van der Waals surface area contributed by atoms with Gasteiger partial charge in [-0.25, -0.2) is 0 Å². The van der Waals surface area contributed by atoms with Crippen LogP contribution in [0.2, 0.25) is 0 Å². The topological polar surface area (TPSA) is 25.8 Å². The Morgan fingerprint density at radius 1 is 0.875 bits per heavy atom. The lowest BCUT2D eigenvalue weighted by Gasteiger charge is -2.01. The molecule has 0 aliphatic carbocycles. The fraction of sp³-hybridized carbons (Fsp3) is 0. The maximum absolute atomic E-state index is 4.38. The van der Waals surface area contributed by atoms with Crippen molar-refractivity contribution >= 4 is 11.0 Å². The molecule has 16 heavy (non-hydrogen) atoms. The number of nitrogens with zero attached hydrogens (tertiary/aromatic N) is 2. The van der Waals surface area contributed by atoms with E-state index in [2.05, 4.69) is 22.1 Å². The lowest BCUT2D eigenvalue weighted by atomic mass is 10.1. The maximum Gasteiger partial charge on any atom is 0.0892 e. The second-order valence-electron chi connectivity index (χ2n) is 3.55. The first-order valence-electron chi connectivity index (χ1n) is 5.11. The molecule has 0 fully saturated rings. The first kappa shape index (κ1) is 9.04. The van der Waals surface area contributed by atoms with E-state index >= 15 is 0 Å². The van der Waals surface area contributed by atoms with Gasteiger partial charge in [0.1, 0.15) is 0 Å². The van der Waals surface area contributed by atoms with Gasteiger partial charge in [-0.3, -0.25) is 9.97 Å². The molecule has 3 rings (SSSR count). The first-order valence-corrected chi connectivity index (χ1v) is 5.11. The van der Waals surface area contributed by atoms with Gasteiger partial charge in [-0.1, -0.05) is 24.3 Å². The third-order valence-electron chi connectivity index (χ3n) is 2.50. The number of benzene rings is 1. The van der Waals surface area contributed by atoms with E-state index in [0.29, 0.717) is 0 Å². The summed E-state index contributed by atoms with van der Waals surface area (Å²) in [6.07, 6.45) is 3.66. The quantitative estimate of drug-likeness (QED) is 0.610. The molecule has 0 atom stereocenters.